The zero-order valence-electron chi connectivity index (χ0n) is 20.5. The minimum absolute atomic E-state index is 0.0160. The molecular weight excluding hydrogens is 479 g/mol. The lowest BCUT2D eigenvalue weighted by molar-refractivity contribution is -0.137. The predicted octanol–water partition coefficient (Wildman–Crippen LogP) is 6.66. The van der Waals surface area contributed by atoms with Crippen LogP contribution in [0.5, 0.6) is 11.5 Å². The number of phenolic OH excluding ortho intramolecular Hbond substituents is 2. The van der Waals surface area contributed by atoms with Crippen LogP contribution in [0.1, 0.15) is 33.9 Å². The van der Waals surface area contributed by atoms with Crippen molar-refractivity contribution in [2.24, 2.45) is 0 Å². The Hall–Kier alpha value is -3.55. The van der Waals surface area contributed by atoms with Crippen molar-refractivity contribution in [3.05, 3.63) is 108 Å². The normalized spacial score (nSPS) is 15.3. The summed E-state index contributed by atoms with van der Waals surface area (Å²) in [4.78, 5) is 2.09. The van der Waals surface area contributed by atoms with E-state index in [4.69, 9.17) is 4.74 Å². The van der Waals surface area contributed by atoms with Crippen LogP contribution in [0.4, 0.5) is 13.2 Å². The first-order chi connectivity index (χ1) is 17.7. The van der Waals surface area contributed by atoms with Gasteiger partial charge in [-0.3, -0.25) is 4.90 Å². The summed E-state index contributed by atoms with van der Waals surface area (Å²) in [6.07, 6.45) is 0.163. The summed E-state index contributed by atoms with van der Waals surface area (Å²) in [6, 6.07) is 13.4. The number of hydrogen-bond donors (Lipinski definition) is 2. The Bertz CT molecular complexity index is 1260. The lowest BCUT2D eigenvalue weighted by Gasteiger charge is -2.36. The molecule has 1 heterocycles. The Morgan fingerprint density at radius 1 is 0.865 bits per heavy atom. The number of benzene rings is 3. The third-order valence-corrected chi connectivity index (χ3v) is 6.57. The highest BCUT2D eigenvalue weighted by atomic mass is 19.4. The van der Waals surface area contributed by atoms with Gasteiger partial charge in [-0.1, -0.05) is 30.4 Å². The highest BCUT2D eigenvalue weighted by Crippen LogP contribution is 2.44. The molecule has 0 aliphatic carbocycles. The first-order valence-electron chi connectivity index (χ1n) is 12.1. The Kier molecular flexibility index (Phi) is 8.05. The van der Waals surface area contributed by atoms with Crippen LogP contribution >= 0.6 is 0 Å². The molecule has 0 saturated carbocycles. The minimum atomic E-state index is -4.44. The third kappa shape index (κ3) is 5.89. The van der Waals surface area contributed by atoms with Gasteiger partial charge in [0.1, 0.15) is 11.5 Å². The summed E-state index contributed by atoms with van der Waals surface area (Å²) in [6.45, 7) is 9.65. The SMILES string of the molecule is C=CCc1ccc(O)c(-c2cc(CC=C)cc(C(c3ccc(C(F)(F)F)cc3)N3CCOCC3)c2O)c1. The molecule has 1 aliphatic heterocycles. The van der Waals surface area contributed by atoms with E-state index in [1.54, 1.807) is 24.3 Å². The van der Waals surface area contributed by atoms with Crippen LogP contribution in [0.25, 0.3) is 11.1 Å². The van der Waals surface area contributed by atoms with Gasteiger partial charge in [0.05, 0.1) is 24.8 Å². The van der Waals surface area contributed by atoms with Crippen LogP contribution < -0.4 is 0 Å². The van der Waals surface area contributed by atoms with Gasteiger partial charge in [-0.05, 0) is 65.9 Å². The van der Waals surface area contributed by atoms with Gasteiger partial charge >= 0.3 is 6.18 Å². The van der Waals surface area contributed by atoms with Crippen molar-refractivity contribution in [3.63, 3.8) is 0 Å². The van der Waals surface area contributed by atoms with E-state index in [1.165, 1.54) is 12.1 Å². The standard InChI is InChI=1S/C30H30F3NO3/c1-3-5-20-7-12-27(35)24(17-20)25-18-21(6-4-2)19-26(29(25)36)28(34-13-15-37-16-14-34)22-8-10-23(11-9-22)30(31,32)33/h3-4,7-12,17-19,28,35-36H,1-2,5-6,13-16H2. The average molecular weight is 510 g/mol. The summed E-state index contributed by atoms with van der Waals surface area (Å²) in [7, 11) is 0. The first-order valence-corrected chi connectivity index (χ1v) is 12.1. The fraction of sp³-hybridized carbons (Fsp3) is 0.267. The molecule has 0 bridgehead atoms. The van der Waals surface area contributed by atoms with Gasteiger partial charge in [-0.2, -0.15) is 13.2 Å². The number of morpholine rings is 1. The highest BCUT2D eigenvalue weighted by molar-refractivity contribution is 5.78. The van der Waals surface area contributed by atoms with Crippen LogP contribution in [0.15, 0.2) is 79.9 Å². The Balaban J connectivity index is 1.91. The number of halogens is 3. The second kappa shape index (κ2) is 11.2. The number of nitrogens with zero attached hydrogens (tertiary/aromatic N) is 1. The van der Waals surface area contributed by atoms with Gasteiger partial charge in [0, 0.05) is 29.8 Å². The molecule has 0 aromatic heterocycles. The molecule has 1 aliphatic rings. The Labute approximate surface area is 214 Å². The molecule has 0 radical (unpaired) electrons. The lowest BCUT2D eigenvalue weighted by atomic mass is 9.88. The zero-order chi connectivity index (χ0) is 26.6. The van der Waals surface area contributed by atoms with Crippen LogP contribution in [0, 0.1) is 0 Å². The topological polar surface area (TPSA) is 52.9 Å². The van der Waals surface area contributed by atoms with Crippen molar-refractivity contribution in [1.82, 2.24) is 4.90 Å². The van der Waals surface area contributed by atoms with E-state index in [2.05, 4.69) is 18.1 Å². The van der Waals surface area contributed by atoms with Gasteiger partial charge in [-0.25, -0.2) is 0 Å². The van der Waals surface area contributed by atoms with Crippen molar-refractivity contribution >= 4 is 0 Å². The summed E-state index contributed by atoms with van der Waals surface area (Å²) in [5.74, 6) is -0.0162. The Morgan fingerprint density at radius 2 is 1.49 bits per heavy atom. The Morgan fingerprint density at radius 3 is 2.11 bits per heavy atom. The van der Waals surface area contributed by atoms with Crippen molar-refractivity contribution in [2.45, 2.75) is 25.1 Å². The zero-order valence-corrected chi connectivity index (χ0v) is 20.5. The predicted molar refractivity (Wildman–Crippen MR) is 139 cm³/mol. The quantitative estimate of drug-likeness (QED) is 0.334. The molecule has 3 aromatic carbocycles. The molecule has 37 heavy (non-hydrogen) atoms. The number of rotatable bonds is 8. The number of hydrogen-bond acceptors (Lipinski definition) is 4. The summed E-state index contributed by atoms with van der Waals surface area (Å²) in [5, 5.41) is 22.3. The van der Waals surface area contributed by atoms with E-state index in [1.807, 2.05) is 18.2 Å². The van der Waals surface area contributed by atoms with Crippen LogP contribution in [-0.2, 0) is 23.8 Å². The van der Waals surface area contributed by atoms with Gasteiger partial charge in [0.2, 0.25) is 0 Å². The monoisotopic (exact) mass is 509 g/mol. The number of allylic oxidation sites excluding steroid dienone is 2. The second-order valence-corrected chi connectivity index (χ2v) is 9.09. The second-order valence-electron chi connectivity index (χ2n) is 9.09. The van der Waals surface area contributed by atoms with E-state index < -0.39 is 17.8 Å². The van der Waals surface area contributed by atoms with E-state index in [9.17, 15) is 23.4 Å². The van der Waals surface area contributed by atoms with Crippen molar-refractivity contribution < 1.29 is 28.1 Å². The molecule has 0 spiro atoms. The van der Waals surface area contributed by atoms with Gasteiger partial charge in [0.25, 0.3) is 0 Å². The molecule has 0 amide bonds. The molecule has 194 valence electrons. The number of phenols is 2. The number of alkyl halides is 3. The average Bonchev–Trinajstić information content (AvgIpc) is 2.88. The van der Waals surface area contributed by atoms with E-state index in [0.717, 1.165) is 23.3 Å². The summed E-state index contributed by atoms with van der Waals surface area (Å²) in [5.41, 5.74) is 3.13. The molecule has 1 unspecified atom stereocenters. The van der Waals surface area contributed by atoms with E-state index in [-0.39, 0.29) is 11.5 Å². The smallest absolute Gasteiger partial charge is 0.416 e. The summed E-state index contributed by atoms with van der Waals surface area (Å²) >= 11 is 0. The van der Waals surface area contributed by atoms with Gasteiger partial charge in [0.15, 0.2) is 0 Å². The maximum atomic E-state index is 13.3. The van der Waals surface area contributed by atoms with Gasteiger partial charge < -0.3 is 14.9 Å². The van der Waals surface area contributed by atoms with Gasteiger partial charge in [-0.15, -0.1) is 13.2 Å². The van der Waals surface area contributed by atoms with Crippen molar-refractivity contribution in [3.8, 4) is 22.6 Å². The molecule has 3 aromatic rings. The fourth-order valence-electron chi connectivity index (χ4n) is 4.79. The maximum absolute atomic E-state index is 13.3. The third-order valence-electron chi connectivity index (χ3n) is 6.57. The number of ether oxygens (including phenoxy) is 1. The van der Waals surface area contributed by atoms with E-state index in [0.29, 0.717) is 61.4 Å². The van der Waals surface area contributed by atoms with E-state index >= 15 is 0 Å². The molecule has 7 heteroatoms. The molecule has 2 N–H and O–H groups in total. The molecular formula is C30H30F3NO3. The molecule has 4 rings (SSSR count). The molecule has 1 fully saturated rings. The minimum Gasteiger partial charge on any atom is -0.507 e. The highest BCUT2D eigenvalue weighted by Gasteiger charge is 2.32. The van der Waals surface area contributed by atoms with Crippen LogP contribution in [0.2, 0.25) is 0 Å². The van der Waals surface area contributed by atoms with Crippen LogP contribution in [0.3, 0.4) is 0 Å². The van der Waals surface area contributed by atoms with Crippen molar-refractivity contribution in [1.29, 1.82) is 0 Å². The molecule has 4 nitrogen and oxygen atoms in total. The largest absolute Gasteiger partial charge is 0.507 e. The van der Waals surface area contributed by atoms with Crippen LogP contribution in [-0.4, -0.2) is 41.4 Å². The first kappa shape index (κ1) is 26.5. The lowest BCUT2D eigenvalue weighted by Crippen LogP contribution is -2.39. The number of aromatic hydroxyl groups is 2. The molecule has 1 saturated heterocycles. The fourth-order valence-corrected chi connectivity index (χ4v) is 4.79. The maximum Gasteiger partial charge on any atom is 0.416 e. The molecule has 1 atom stereocenters. The summed E-state index contributed by atoms with van der Waals surface area (Å²) < 4.78 is 45.3. The van der Waals surface area contributed by atoms with Crippen molar-refractivity contribution in [2.75, 3.05) is 26.3 Å².